The molecule has 0 heterocycles. The van der Waals surface area contributed by atoms with Gasteiger partial charge in [-0.1, -0.05) is 0 Å². The molecule has 0 N–H and O–H groups in total. The first kappa shape index (κ1) is 14.8. The summed E-state index contributed by atoms with van der Waals surface area (Å²) in [5, 5.41) is 0. The molecule has 0 bridgehead atoms. The number of rotatable bonds is 2. The summed E-state index contributed by atoms with van der Waals surface area (Å²) in [6.07, 6.45) is -16.0. The van der Waals surface area contributed by atoms with Gasteiger partial charge in [-0.05, 0) is 0 Å². The molecule has 0 fully saturated rings. The first-order chi connectivity index (χ1) is 6.89. The van der Waals surface area contributed by atoms with Crippen LogP contribution in [-0.4, -0.2) is 18.4 Å². The van der Waals surface area contributed by atoms with E-state index < -0.39 is 36.0 Å². The zero-order valence-electron chi connectivity index (χ0n) is 6.89. The van der Waals surface area contributed by atoms with Crippen molar-refractivity contribution >= 4 is 6.04 Å². The minimum Gasteiger partial charge on any atom is -0.260 e. The van der Waals surface area contributed by atoms with E-state index in [2.05, 4.69) is 0 Å². The van der Waals surface area contributed by atoms with Crippen molar-refractivity contribution in [3.63, 3.8) is 0 Å². The summed E-state index contributed by atoms with van der Waals surface area (Å²) in [5.41, 5.74) is -3.53. The Morgan fingerprint density at radius 2 is 1.25 bits per heavy atom. The van der Waals surface area contributed by atoms with Crippen LogP contribution in [0.3, 0.4) is 0 Å². The third kappa shape index (κ3) is 3.42. The van der Waals surface area contributed by atoms with Crippen LogP contribution < -0.4 is 0 Å². The zero-order valence-corrected chi connectivity index (χ0v) is 6.89. The van der Waals surface area contributed by atoms with Gasteiger partial charge in [-0.2, -0.15) is 39.5 Å². The van der Waals surface area contributed by atoms with Gasteiger partial charge in [-0.3, -0.25) is 4.79 Å². The predicted molar refractivity (Wildman–Crippen MR) is 31.0 cm³/mol. The lowest BCUT2D eigenvalue weighted by atomic mass is 10.00. The number of hydrogen-bond donors (Lipinski definition) is 0. The molecule has 10 heteroatoms. The first-order valence-electron chi connectivity index (χ1n) is 3.27. The van der Waals surface area contributed by atoms with E-state index in [-0.39, 0.29) is 0 Å². The molecule has 0 aliphatic heterocycles. The molecule has 1 unspecified atom stereocenters. The molecular weight excluding hydrogens is 259 g/mol. The topological polar surface area (TPSA) is 17.1 Å². The maximum atomic E-state index is 11.8. The smallest absolute Gasteiger partial charge is 0.260 e. The molecule has 0 rings (SSSR count). The molecule has 16 heavy (non-hydrogen) atoms. The Hall–Kier alpha value is -1.22. The Balaban J connectivity index is 5.70. The Kier molecular flexibility index (Phi) is 4.01. The average Bonchev–Trinajstić information content (AvgIpc) is 1.92. The summed E-state index contributed by atoms with van der Waals surface area (Å²) >= 11 is 0. The predicted octanol–water partition coefficient (Wildman–Crippen LogP) is 3.37. The minimum absolute atomic E-state index is 3.53. The van der Waals surface area contributed by atoms with Crippen LogP contribution in [0.4, 0.5) is 39.5 Å². The van der Waals surface area contributed by atoms with Gasteiger partial charge in [0.2, 0.25) is 0 Å². The van der Waals surface area contributed by atoms with E-state index in [0.717, 1.165) is 0 Å². The van der Waals surface area contributed by atoms with E-state index in [1.54, 1.807) is 0 Å². The highest BCUT2D eigenvalue weighted by molar-refractivity contribution is 5.76. The van der Waals surface area contributed by atoms with Gasteiger partial charge in [0.25, 0.3) is 6.08 Å². The Labute approximate surface area is 81.5 Å². The van der Waals surface area contributed by atoms with Crippen molar-refractivity contribution in [2.75, 3.05) is 0 Å². The van der Waals surface area contributed by atoms with Crippen molar-refractivity contribution in [3.8, 4) is 0 Å². The maximum Gasteiger partial charge on any atom is 0.418 e. The molecule has 94 valence electrons. The second kappa shape index (κ2) is 4.34. The fourth-order valence-electron chi connectivity index (χ4n) is 0.786. The van der Waals surface area contributed by atoms with E-state index in [1.807, 2.05) is 0 Å². The quantitative estimate of drug-likeness (QED) is 0.549. The van der Waals surface area contributed by atoms with Gasteiger partial charge in [-0.25, -0.2) is 0 Å². The van der Waals surface area contributed by atoms with Gasteiger partial charge >= 0.3 is 18.4 Å². The van der Waals surface area contributed by atoms with Crippen LogP contribution in [-0.2, 0) is 4.79 Å². The number of hydrogen-bond acceptors (Lipinski definition) is 1. The van der Waals surface area contributed by atoms with Gasteiger partial charge in [0, 0.05) is 0 Å². The van der Waals surface area contributed by atoms with Crippen LogP contribution in [0.1, 0.15) is 0 Å². The second-order valence-electron chi connectivity index (χ2n) is 2.45. The Morgan fingerprint density at radius 3 is 1.31 bits per heavy atom. The van der Waals surface area contributed by atoms with E-state index >= 15 is 0 Å². The van der Waals surface area contributed by atoms with Crippen LogP contribution in [0.15, 0.2) is 11.7 Å². The second-order valence-corrected chi connectivity index (χ2v) is 2.45. The summed E-state index contributed by atoms with van der Waals surface area (Å²) in [5.74, 6) is -4.52. The van der Waals surface area contributed by atoms with Crippen molar-refractivity contribution in [3.05, 3.63) is 11.7 Å². The van der Waals surface area contributed by atoms with Gasteiger partial charge in [0.1, 0.15) is 5.57 Å². The first-order valence-corrected chi connectivity index (χ1v) is 3.27. The van der Waals surface area contributed by atoms with Crippen molar-refractivity contribution < 1.29 is 44.3 Å². The fourth-order valence-corrected chi connectivity index (χ4v) is 0.786. The Morgan fingerprint density at radius 1 is 0.875 bits per heavy atom. The zero-order chi connectivity index (χ0) is 13.3. The van der Waals surface area contributed by atoms with Crippen LogP contribution in [0.5, 0.6) is 0 Å². The molecule has 0 aromatic heterocycles. The van der Waals surface area contributed by atoms with Crippen LogP contribution in [0.2, 0.25) is 0 Å². The van der Waals surface area contributed by atoms with E-state index in [9.17, 15) is 44.3 Å². The molecule has 0 spiro atoms. The van der Waals surface area contributed by atoms with Crippen LogP contribution >= 0.6 is 0 Å². The third-order valence-corrected chi connectivity index (χ3v) is 1.35. The summed E-state index contributed by atoms with van der Waals surface area (Å²) in [6.45, 7) is 0. The van der Waals surface area contributed by atoms with E-state index in [4.69, 9.17) is 0 Å². The summed E-state index contributed by atoms with van der Waals surface area (Å²) in [4.78, 5) is 9.73. The van der Waals surface area contributed by atoms with Crippen molar-refractivity contribution in [1.29, 1.82) is 0 Å². The molecule has 0 aromatic carbocycles. The monoisotopic (exact) mass is 260 g/mol. The summed E-state index contributed by atoms with van der Waals surface area (Å²) < 4.78 is 106. The minimum atomic E-state index is -6.15. The lowest BCUT2D eigenvalue weighted by Crippen LogP contribution is -2.36. The van der Waals surface area contributed by atoms with Gasteiger partial charge < -0.3 is 0 Å². The highest BCUT2D eigenvalue weighted by Gasteiger charge is 2.57. The van der Waals surface area contributed by atoms with Gasteiger partial charge in [-0.15, -0.1) is 0 Å². The van der Waals surface area contributed by atoms with Crippen molar-refractivity contribution in [2.24, 2.45) is 5.92 Å². The van der Waals surface area contributed by atoms with Gasteiger partial charge in [0.05, 0.1) is 0 Å². The van der Waals surface area contributed by atoms with E-state index in [0.29, 0.717) is 0 Å². The van der Waals surface area contributed by atoms with E-state index in [1.165, 1.54) is 0 Å². The average molecular weight is 260 g/mol. The summed E-state index contributed by atoms with van der Waals surface area (Å²) in [7, 11) is 0. The number of carbonyl (C=O) groups is 1. The molecule has 0 aliphatic rings. The molecule has 0 aliphatic carbocycles. The molecule has 0 aromatic rings. The molecule has 1 atom stereocenters. The number of allylic oxidation sites excluding steroid dienone is 1. The largest absolute Gasteiger partial charge is 0.418 e. The van der Waals surface area contributed by atoms with Crippen LogP contribution in [0, 0.1) is 5.92 Å². The molecule has 0 saturated heterocycles. The molecule has 0 radical (unpaired) electrons. The normalized spacial score (nSPS) is 14.6. The molecule has 0 amide bonds. The highest BCUT2D eigenvalue weighted by atomic mass is 19.4. The third-order valence-electron chi connectivity index (χ3n) is 1.35. The number of carbonyl (C=O) groups excluding carboxylic acids is 1. The lowest BCUT2D eigenvalue weighted by Gasteiger charge is -2.19. The molecular formula is C6HF9O. The lowest BCUT2D eigenvalue weighted by molar-refractivity contribution is -0.197. The summed E-state index contributed by atoms with van der Waals surface area (Å²) in [6, 6.07) is -3.55. The van der Waals surface area contributed by atoms with Crippen molar-refractivity contribution in [1.82, 2.24) is 0 Å². The number of alkyl halides is 6. The van der Waals surface area contributed by atoms with Crippen LogP contribution in [0.25, 0.3) is 0 Å². The standard InChI is InChI=1S/C6HF9O/c7-3(8)1(5(10,11)12)2(4(9)16)6(13,14)15/h2H. The van der Waals surface area contributed by atoms with Gasteiger partial charge in [0.15, 0.2) is 5.92 Å². The highest BCUT2D eigenvalue weighted by Crippen LogP contribution is 2.43. The molecule has 1 nitrogen and oxygen atoms in total. The maximum absolute atomic E-state index is 11.8. The van der Waals surface area contributed by atoms with Crippen molar-refractivity contribution in [2.45, 2.75) is 12.4 Å². The molecule has 0 saturated carbocycles. The Bertz CT molecular complexity index is 305. The fraction of sp³-hybridized carbons (Fsp3) is 0.500. The number of halogens is 9. The SMILES string of the molecule is O=C(F)C(C(=C(F)F)C(F)(F)F)C(F)(F)F.